The average molecular weight is 299 g/mol. The molecule has 3 heteroatoms. The van der Waals surface area contributed by atoms with Crippen LogP contribution in [-0.4, -0.2) is 27.8 Å². The summed E-state index contributed by atoms with van der Waals surface area (Å²) in [6, 6.07) is 6.93. The monoisotopic (exact) mass is 298 g/mol. The van der Waals surface area contributed by atoms with E-state index in [2.05, 4.69) is 64.8 Å². The SMILES string of the molecule is CCC(CC)N(CCBr)Cc1cccc(C)n1. The van der Waals surface area contributed by atoms with Gasteiger partial charge in [0.05, 0.1) is 5.69 Å². The third-order valence-corrected chi connectivity index (χ3v) is 3.50. The van der Waals surface area contributed by atoms with E-state index in [1.165, 1.54) is 18.5 Å². The van der Waals surface area contributed by atoms with Gasteiger partial charge in [-0.2, -0.15) is 0 Å². The summed E-state index contributed by atoms with van der Waals surface area (Å²) in [6.07, 6.45) is 2.41. The molecule has 0 amide bonds. The highest BCUT2D eigenvalue weighted by Crippen LogP contribution is 2.13. The van der Waals surface area contributed by atoms with Crippen LogP contribution < -0.4 is 0 Å². The van der Waals surface area contributed by atoms with Gasteiger partial charge in [-0.05, 0) is 31.9 Å². The summed E-state index contributed by atoms with van der Waals surface area (Å²) < 4.78 is 0. The molecule has 0 fully saturated rings. The third kappa shape index (κ3) is 4.76. The Bertz CT molecular complexity index is 324. The van der Waals surface area contributed by atoms with Crippen molar-refractivity contribution in [2.45, 2.75) is 46.2 Å². The lowest BCUT2D eigenvalue weighted by Crippen LogP contribution is -2.35. The minimum Gasteiger partial charge on any atom is -0.294 e. The van der Waals surface area contributed by atoms with Gasteiger partial charge in [-0.3, -0.25) is 9.88 Å². The number of aromatic nitrogens is 1. The lowest BCUT2D eigenvalue weighted by Gasteiger charge is -2.29. The van der Waals surface area contributed by atoms with E-state index in [0.717, 1.165) is 24.1 Å². The molecular formula is C14H23BrN2. The Balaban J connectivity index is 2.71. The average Bonchev–Trinajstić information content (AvgIpc) is 2.31. The smallest absolute Gasteiger partial charge is 0.0547 e. The van der Waals surface area contributed by atoms with E-state index in [1.54, 1.807) is 0 Å². The van der Waals surface area contributed by atoms with E-state index in [9.17, 15) is 0 Å². The molecule has 0 atom stereocenters. The van der Waals surface area contributed by atoms with Crippen LogP contribution in [-0.2, 0) is 6.54 Å². The molecule has 1 aromatic rings. The van der Waals surface area contributed by atoms with Crippen LogP contribution in [0.2, 0.25) is 0 Å². The molecule has 0 spiro atoms. The third-order valence-electron chi connectivity index (χ3n) is 3.14. The van der Waals surface area contributed by atoms with Crippen LogP contribution in [0.3, 0.4) is 0 Å². The Morgan fingerprint density at radius 2 is 2.00 bits per heavy atom. The molecule has 0 aliphatic carbocycles. The van der Waals surface area contributed by atoms with Crippen molar-refractivity contribution in [1.82, 2.24) is 9.88 Å². The normalized spacial score (nSPS) is 11.4. The Labute approximate surface area is 114 Å². The first kappa shape index (κ1) is 14.7. The largest absolute Gasteiger partial charge is 0.294 e. The van der Waals surface area contributed by atoms with Gasteiger partial charge >= 0.3 is 0 Å². The molecular weight excluding hydrogens is 276 g/mol. The van der Waals surface area contributed by atoms with Crippen molar-refractivity contribution in [3.63, 3.8) is 0 Å². The van der Waals surface area contributed by atoms with Gasteiger partial charge in [0.15, 0.2) is 0 Å². The highest BCUT2D eigenvalue weighted by molar-refractivity contribution is 9.09. The molecule has 0 aromatic carbocycles. The summed E-state index contributed by atoms with van der Waals surface area (Å²) in [7, 11) is 0. The molecule has 0 unspecified atom stereocenters. The second-order valence-electron chi connectivity index (χ2n) is 4.40. The summed E-state index contributed by atoms with van der Waals surface area (Å²) in [5.74, 6) is 0. The first-order chi connectivity index (χ1) is 8.21. The van der Waals surface area contributed by atoms with Gasteiger partial charge < -0.3 is 0 Å². The second-order valence-corrected chi connectivity index (χ2v) is 5.19. The summed E-state index contributed by atoms with van der Waals surface area (Å²) in [5, 5.41) is 1.02. The molecule has 2 nitrogen and oxygen atoms in total. The Kier molecular flexibility index (Phi) is 6.75. The maximum atomic E-state index is 4.59. The minimum absolute atomic E-state index is 0.662. The molecule has 0 aliphatic heterocycles. The van der Waals surface area contributed by atoms with E-state index in [1.807, 2.05) is 0 Å². The van der Waals surface area contributed by atoms with Crippen molar-refractivity contribution in [3.8, 4) is 0 Å². The van der Waals surface area contributed by atoms with Crippen LogP contribution >= 0.6 is 15.9 Å². The quantitative estimate of drug-likeness (QED) is 0.712. The highest BCUT2D eigenvalue weighted by atomic mass is 79.9. The molecule has 0 bridgehead atoms. The number of rotatable bonds is 7. The summed E-state index contributed by atoms with van der Waals surface area (Å²) in [4.78, 5) is 7.11. The number of alkyl halides is 1. The maximum absolute atomic E-state index is 4.59. The molecule has 0 saturated heterocycles. The van der Waals surface area contributed by atoms with Crippen LogP contribution in [0.25, 0.3) is 0 Å². The Hall–Kier alpha value is -0.410. The van der Waals surface area contributed by atoms with E-state index in [0.29, 0.717) is 6.04 Å². The van der Waals surface area contributed by atoms with Crippen LogP contribution in [0.4, 0.5) is 0 Å². The van der Waals surface area contributed by atoms with E-state index < -0.39 is 0 Å². The molecule has 0 N–H and O–H groups in total. The number of pyridine rings is 1. The molecule has 1 aromatic heterocycles. The van der Waals surface area contributed by atoms with Crippen molar-refractivity contribution in [1.29, 1.82) is 0 Å². The van der Waals surface area contributed by atoms with E-state index in [4.69, 9.17) is 0 Å². The fourth-order valence-electron chi connectivity index (χ4n) is 2.20. The zero-order chi connectivity index (χ0) is 12.7. The predicted octanol–water partition coefficient (Wildman–Crippen LogP) is 3.78. The Morgan fingerprint density at radius 1 is 1.29 bits per heavy atom. The van der Waals surface area contributed by atoms with Gasteiger partial charge in [-0.25, -0.2) is 0 Å². The fourth-order valence-corrected chi connectivity index (χ4v) is 2.66. The van der Waals surface area contributed by atoms with Crippen LogP contribution in [0, 0.1) is 6.92 Å². The fraction of sp³-hybridized carbons (Fsp3) is 0.643. The Morgan fingerprint density at radius 3 is 2.53 bits per heavy atom. The topological polar surface area (TPSA) is 16.1 Å². The lowest BCUT2D eigenvalue weighted by molar-refractivity contribution is 0.187. The molecule has 96 valence electrons. The first-order valence-corrected chi connectivity index (χ1v) is 7.55. The van der Waals surface area contributed by atoms with Crippen molar-refractivity contribution < 1.29 is 0 Å². The standard InChI is InChI=1S/C14H23BrN2/c1-4-14(5-2)17(10-9-15)11-13-8-6-7-12(3)16-13/h6-8,14H,4-5,9-11H2,1-3H3. The molecule has 1 rings (SSSR count). The van der Waals surface area contributed by atoms with Crippen LogP contribution in [0.5, 0.6) is 0 Å². The zero-order valence-electron chi connectivity index (χ0n) is 11.1. The summed E-state index contributed by atoms with van der Waals surface area (Å²) >= 11 is 3.54. The first-order valence-electron chi connectivity index (χ1n) is 6.43. The van der Waals surface area contributed by atoms with Crippen LogP contribution in [0.15, 0.2) is 18.2 Å². The zero-order valence-corrected chi connectivity index (χ0v) is 12.7. The number of halogens is 1. The second kappa shape index (κ2) is 7.83. The molecule has 1 heterocycles. The predicted molar refractivity (Wildman–Crippen MR) is 77.5 cm³/mol. The maximum Gasteiger partial charge on any atom is 0.0547 e. The van der Waals surface area contributed by atoms with Gasteiger partial charge in [0.2, 0.25) is 0 Å². The van der Waals surface area contributed by atoms with Gasteiger partial charge in [0.25, 0.3) is 0 Å². The summed E-state index contributed by atoms with van der Waals surface area (Å²) in [6.45, 7) is 8.62. The van der Waals surface area contributed by atoms with Crippen molar-refractivity contribution >= 4 is 15.9 Å². The van der Waals surface area contributed by atoms with E-state index in [-0.39, 0.29) is 0 Å². The summed E-state index contributed by atoms with van der Waals surface area (Å²) in [5.41, 5.74) is 2.28. The molecule has 0 radical (unpaired) electrons. The number of aryl methyl sites for hydroxylation is 1. The van der Waals surface area contributed by atoms with Gasteiger partial charge in [0.1, 0.15) is 0 Å². The number of hydrogen-bond donors (Lipinski definition) is 0. The van der Waals surface area contributed by atoms with Crippen LogP contribution in [0.1, 0.15) is 38.1 Å². The molecule has 0 saturated carbocycles. The minimum atomic E-state index is 0.662. The highest BCUT2D eigenvalue weighted by Gasteiger charge is 2.15. The van der Waals surface area contributed by atoms with Gasteiger partial charge in [0, 0.05) is 30.2 Å². The van der Waals surface area contributed by atoms with Gasteiger partial charge in [-0.15, -0.1) is 0 Å². The molecule has 0 aliphatic rings. The van der Waals surface area contributed by atoms with E-state index >= 15 is 0 Å². The van der Waals surface area contributed by atoms with Crippen molar-refractivity contribution in [3.05, 3.63) is 29.6 Å². The van der Waals surface area contributed by atoms with Crippen molar-refractivity contribution in [2.24, 2.45) is 0 Å². The van der Waals surface area contributed by atoms with Crippen molar-refractivity contribution in [2.75, 3.05) is 11.9 Å². The lowest BCUT2D eigenvalue weighted by atomic mass is 10.1. The number of nitrogens with zero attached hydrogens (tertiary/aromatic N) is 2. The number of hydrogen-bond acceptors (Lipinski definition) is 2. The van der Waals surface area contributed by atoms with Gasteiger partial charge in [-0.1, -0.05) is 35.8 Å². The molecule has 17 heavy (non-hydrogen) atoms.